The molecule has 29 heavy (non-hydrogen) atoms. The first kappa shape index (κ1) is 21.3. The Kier molecular flexibility index (Phi) is 6.88. The Labute approximate surface area is 174 Å². The SMILES string of the molecule is CCN(CC)S(=O)(=O)c1ccc2nnc(SCC(=O)NCc3ccccc3)n2c1. The van der Waals surface area contributed by atoms with Crippen molar-refractivity contribution in [3.05, 3.63) is 54.2 Å². The summed E-state index contributed by atoms with van der Waals surface area (Å²) in [6, 6.07) is 12.8. The zero-order valence-electron chi connectivity index (χ0n) is 16.3. The predicted octanol–water partition coefficient (Wildman–Crippen LogP) is 2.17. The number of hydrogen-bond donors (Lipinski definition) is 1. The summed E-state index contributed by atoms with van der Waals surface area (Å²) in [5.74, 6) is 0.0169. The number of carbonyl (C=O) groups excluding carboxylic acids is 1. The van der Waals surface area contributed by atoms with Gasteiger partial charge in [0, 0.05) is 25.8 Å². The number of amides is 1. The second kappa shape index (κ2) is 9.38. The molecule has 0 aliphatic rings. The Hall–Kier alpha value is -2.43. The maximum atomic E-state index is 12.8. The van der Waals surface area contributed by atoms with Gasteiger partial charge in [0.05, 0.1) is 10.6 Å². The molecule has 0 bridgehead atoms. The van der Waals surface area contributed by atoms with Crippen molar-refractivity contribution in [1.82, 2.24) is 24.2 Å². The number of aromatic nitrogens is 3. The molecular formula is C19H23N5O3S2. The molecule has 1 amide bonds. The van der Waals surface area contributed by atoms with E-state index < -0.39 is 10.0 Å². The van der Waals surface area contributed by atoms with Crippen LogP contribution in [0, 0.1) is 0 Å². The molecule has 8 nitrogen and oxygen atoms in total. The second-order valence-corrected chi connectivity index (χ2v) is 9.10. The fourth-order valence-electron chi connectivity index (χ4n) is 2.79. The van der Waals surface area contributed by atoms with Crippen LogP contribution >= 0.6 is 11.8 Å². The zero-order valence-corrected chi connectivity index (χ0v) is 17.9. The van der Waals surface area contributed by atoms with Crippen LogP contribution < -0.4 is 5.32 Å². The summed E-state index contributed by atoms with van der Waals surface area (Å²) in [5, 5.41) is 11.5. The monoisotopic (exact) mass is 433 g/mol. The van der Waals surface area contributed by atoms with E-state index in [0.717, 1.165) is 5.56 Å². The number of hydrogen-bond acceptors (Lipinski definition) is 6. The lowest BCUT2D eigenvalue weighted by Crippen LogP contribution is -2.30. The minimum Gasteiger partial charge on any atom is -0.351 e. The van der Waals surface area contributed by atoms with E-state index in [1.54, 1.807) is 24.3 Å². The van der Waals surface area contributed by atoms with Crippen molar-refractivity contribution in [1.29, 1.82) is 0 Å². The van der Waals surface area contributed by atoms with Crippen LogP contribution in [0.25, 0.3) is 5.65 Å². The smallest absolute Gasteiger partial charge is 0.244 e. The summed E-state index contributed by atoms with van der Waals surface area (Å²) >= 11 is 1.21. The molecule has 3 aromatic rings. The van der Waals surface area contributed by atoms with Gasteiger partial charge >= 0.3 is 0 Å². The van der Waals surface area contributed by atoms with E-state index in [4.69, 9.17) is 0 Å². The third-order valence-electron chi connectivity index (χ3n) is 4.35. The quantitative estimate of drug-likeness (QED) is 0.520. The van der Waals surface area contributed by atoms with Crippen LogP contribution in [0.2, 0.25) is 0 Å². The minimum atomic E-state index is -3.59. The number of sulfonamides is 1. The number of benzene rings is 1. The standard InChI is InChI=1S/C19H23N5O3S2/c1-3-23(4-2)29(26,27)16-10-11-17-21-22-19(24(17)13-16)28-14-18(25)20-12-15-8-6-5-7-9-15/h5-11,13H,3-4,12,14H2,1-2H3,(H,20,25). The molecule has 0 aliphatic carbocycles. The minimum absolute atomic E-state index is 0.137. The number of carbonyl (C=O) groups is 1. The van der Waals surface area contributed by atoms with E-state index >= 15 is 0 Å². The Morgan fingerprint density at radius 3 is 2.52 bits per heavy atom. The maximum Gasteiger partial charge on any atom is 0.244 e. The summed E-state index contributed by atoms with van der Waals surface area (Å²) in [7, 11) is -3.59. The maximum absolute atomic E-state index is 12.8. The molecule has 10 heteroatoms. The molecule has 1 aromatic carbocycles. The summed E-state index contributed by atoms with van der Waals surface area (Å²) in [4.78, 5) is 12.3. The molecule has 154 valence electrons. The van der Waals surface area contributed by atoms with Gasteiger partial charge < -0.3 is 5.32 Å². The van der Waals surface area contributed by atoms with Crippen molar-refractivity contribution in [2.45, 2.75) is 30.4 Å². The van der Waals surface area contributed by atoms with E-state index in [9.17, 15) is 13.2 Å². The van der Waals surface area contributed by atoms with Crippen LogP contribution in [0.15, 0.2) is 58.7 Å². The van der Waals surface area contributed by atoms with Crippen LogP contribution in [-0.2, 0) is 21.4 Å². The lowest BCUT2D eigenvalue weighted by Gasteiger charge is -2.18. The number of rotatable bonds is 9. The Morgan fingerprint density at radius 1 is 1.10 bits per heavy atom. The molecule has 3 rings (SSSR count). The molecule has 0 fully saturated rings. The largest absolute Gasteiger partial charge is 0.351 e. The molecule has 1 N–H and O–H groups in total. The van der Waals surface area contributed by atoms with Crippen molar-refractivity contribution in [3.63, 3.8) is 0 Å². The summed E-state index contributed by atoms with van der Waals surface area (Å²) in [6.45, 7) is 4.83. The third kappa shape index (κ3) is 4.95. The van der Waals surface area contributed by atoms with E-state index in [-0.39, 0.29) is 16.6 Å². The van der Waals surface area contributed by atoms with Gasteiger partial charge in [-0.05, 0) is 17.7 Å². The van der Waals surface area contributed by atoms with E-state index in [1.165, 1.54) is 28.3 Å². The van der Waals surface area contributed by atoms with Crippen LogP contribution in [0.1, 0.15) is 19.4 Å². The van der Waals surface area contributed by atoms with Gasteiger partial charge in [-0.2, -0.15) is 4.31 Å². The third-order valence-corrected chi connectivity index (χ3v) is 7.33. The van der Waals surface area contributed by atoms with Crippen LogP contribution in [0.5, 0.6) is 0 Å². The first-order valence-electron chi connectivity index (χ1n) is 9.24. The molecule has 2 heterocycles. The van der Waals surface area contributed by atoms with E-state index in [2.05, 4.69) is 15.5 Å². The number of nitrogens with one attached hydrogen (secondary N) is 1. The zero-order chi connectivity index (χ0) is 20.9. The Morgan fingerprint density at radius 2 is 1.83 bits per heavy atom. The predicted molar refractivity (Wildman–Crippen MR) is 112 cm³/mol. The molecule has 0 saturated heterocycles. The van der Waals surface area contributed by atoms with Gasteiger partial charge in [-0.1, -0.05) is 55.9 Å². The molecule has 0 saturated carbocycles. The Bertz CT molecular complexity index is 1080. The fraction of sp³-hybridized carbons (Fsp3) is 0.316. The van der Waals surface area contributed by atoms with Crippen LogP contribution in [0.3, 0.4) is 0 Å². The molecule has 2 aromatic heterocycles. The average molecular weight is 434 g/mol. The van der Waals surface area contributed by atoms with Crippen molar-refractivity contribution in [2.24, 2.45) is 0 Å². The number of pyridine rings is 1. The molecule has 0 atom stereocenters. The number of nitrogens with zero attached hydrogens (tertiary/aromatic N) is 4. The first-order valence-corrected chi connectivity index (χ1v) is 11.7. The lowest BCUT2D eigenvalue weighted by molar-refractivity contribution is -0.118. The van der Waals surface area contributed by atoms with Crippen LogP contribution in [0.4, 0.5) is 0 Å². The van der Waals surface area contributed by atoms with Gasteiger partial charge in [0.25, 0.3) is 0 Å². The first-order chi connectivity index (χ1) is 14.0. The van der Waals surface area contributed by atoms with Crippen molar-refractivity contribution >= 4 is 33.3 Å². The molecule has 0 spiro atoms. The highest BCUT2D eigenvalue weighted by atomic mass is 32.2. The van der Waals surface area contributed by atoms with E-state index in [1.807, 2.05) is 30.3 Å². The topological polar surface area (TPSA) is 96.7 Å². The van der Waals surface area contributed by atoms with Gasteiger partial charge in [0.15, 0.2) is 10.8 Å². The van der Waals surface area contributed by atoms with Crippen molar-refractivity contribution in [3.8, 4) is 0 Å². The van der Waals surface area contributed by atoms with Gasteiger partial charge in [-0.3, -0.25) is 9.20 Å². The lowest BCUT2D eigenvalue weighted by atomic mass is 10.2. The molecule has 0 radical (unpaired) electrons. The highest BCUT2D eigenvalue weighted by Crippen LogP contribution is 2.21. The van der Waals surface area contributed by atoms with Crippen molar-refractivity contribution in [2.75, 3.05) is 18.8 Å². The molecule has 0 aliphatic heterocycles. The average Bonchev–Trinajstić information content (AvgIpc) is 3.14. The normalized spacial score (nSPS) is 11.8. The summed E-state index contributed by atoms with van der Waals surface area (Å²) in [6.07, 6.45) is 1.51. The number of fused-ring (bicyclic) bond motifs is 1. The van der Waals surface area contributed by atoms with Gasteiger partial charge in [0.1, 0.15) is 0 Å². The van der Waals surface area contributed by atoms with Gasteiger partial charge in [0.2, 0.25) is 15.9 Å². The molecule has 0 unspecified atom stereocenters. The van der Waals surface area contributed by atoms with Crippen LogP contribution in [-0.4, -0.2) is 52.1 Å². The fourth-order valence-corrected chi connectivity index (χ4v) is 4.99. The van der Waals surface area contributed by atoms with Gasteiger partial charge in [-0.25, -0.2) is 8.42 Å². The van der Waals surface area contributed by atoms with Gasteiger partial charge in [-0.15, -0.1) is 10.2 Å². The highest BCUT2D eigenvalue weighted by Gasteiger charge is 2.22. The van der Waals surface area contributed by atoms with Crippen molar-refractivity contribution < 1.29 is 13.2 Å². The van der Waals surface area contributed by atoms with E-state index in [0.29, 0.717) is 30.4 Å². The highest BCUT2D eigenvalue weighted by molar-refractivity contribution is 7.99. The Balaban J connectivity index is 1.71. The second-order valence-electron chi connectivity index (χ2n) is 6.22. The summed E-state index contributed by atoms with van der Waals surface area (Å²) in [5.41, 5.74) is 1.54. The summed E-state index contributed by atoms with van der Waals surface area (Å²) < 4.78 is 28.5. The number of thioether (sulfide) groups is 1. The molecular weight excluding hydrogens is 410 g/mol.